The molecule has 1 saturated heterocycles. The average molecular weight is 213 g/mol. The molecule has 1 aliphatic rings. The fraction of sp³-hybridized carbons (Fsp3) is 0.917. The number of amides is 1. The molecule has 1 unspecified atom stereocenters. The number of aliphatic hydroxyl groups is 1. The molecule has 15 heavy (non-hydrogen) atoms. The van der Waals surface area contributed by atoms with E-state index in [9.17, 15) is 4.79 Å². The highest BCUT2D eigenvalue weighted by Crippen LogP contribution is 2.21. The van der Waals surface area contributed by atoms with Gasteiger partial charge in [0.05, 0.1) is 0 Å². The van der Waals surface area contributed by atoms with Crippen molar-refractivity contribution in [2.24, 2.45) is 5.92 Å². The van der Waals surface area contributed by atoms with Crippen LogP contribution in [0.25, 0.3) is 0 Å². The first-order valence-electron chi connectivity index (χ1n) is 6.16. The van der Waals surface area contributed by atoms with Crippen LogP contribution in [0.5, 0.6) is 0 Å². The molecular formula is C12H23NO2. The molecule has 0 radical (unpaired) electrons. The summed E-state index contributed by atoms with van der Waals surface area (Å²) in [6.07, 6.45) is 5.86. The van der Waals surface area contributed by atoms with Crippen LogP contribution in [-0.2, 0) is 4.79 Å². The summed E-state index contributed by atoms with van der Waals surface area (Å²) in [7, 11) is 0. The Morgan fingerprint density at radius 1 is 1.40 bits per heavy atom. The molecule has 0 saturated carbocycles. The van der Waals surface area contributed by atoms with Crippen LogP contribution in [-0.4, -0.2) is 35.6 Å². The lowest BCUT2D eigenvalue weighted by molar-refractivity contribution is -0.130. The summed E-state index contributed by atoms with van der Waals surface area (Å²) in [5.41, 5.74) is 0. The van der Waals surface area contributed by atoms with Gasteiger partial charge in [0.25, 0.3) is 0 Å². The van der Waals surface area contributed by atoms with Gasteiger partial charge in [0, 0.05) is 26.1 Å². The average Bonchev–Trinajstić information content (AvgIpc) is 2.42. The highest BCUT2D eigenvalue weighted by atomic mass is 16.2. The van der Waals surface area contributed by atoms with E-state index in [-0.39, 0.29) is 6.61 Å². The van der Waals surface area contributed by atoms with Crippen molar-refractivity contribution in [3.05, 3.63) is 0 Å². The number of carbonyl (C=O) groups is 1. The molecule has 3 nitrogen and oxygen atoms in total. The van der Waals surface area contributed by atoms with Crippen molar-refractivity contribution < 1.29 is 9.90 Å². The third-order valence-corrected chi connectivity index (χ3v) is 3.34. The normalized spacial score (nSPS) is 22.9. The van der Waals surface area contributed by atoms with Crippen molar-refractivity contribution in [2.45, 2.75) is 45.4 Å². The molecule has 0 aromatic rings. The zero-order chi connectivity index (χ0) is 11.1. The van der Waals surface area contributed by atoms with Gasteiger partial charge in [-0.05, 0) is 31.6 Å². The first-order chi connectivity index (χ1) is 7.27. The number of nitrogens with zero attached hydrogens (tertiary/aromatic N) is 1. The van der Waals surface area contributed by atoms with Gasteiger partial charge in [-0.1, -0.05) is 13.3 Å². The number of likely N-dealkylation sites (tertiary alicyclic amines) is 1. The summed E-state index contributed by atoms with van der Waals surface area (Å²) in [5, 5.41) is 8.69. The predicted octanol–water partition coefficient (Wildman–Crippen LogP) is 1.80. The minimum atomic E-state index is 0.236. The van der Waals surface area contributed by atoms with E-state index in [2.05, 4.69) is 6.92 Å². The fourth-order valence-electron chi connectivity index (χ4n) is 2.15. The smallest absolute Gasteiger partial charge is 0.222 e. The molecule has 1 N–H and O–H groups in total. The monoisotopic (exact) mass is 213 g/mol. The van der Waals surface area contributed by atoms with Gasteiger partial charge in [0.15, 0.2) is 0 Å². The van der Waals surface area contributed by atoms with Crippen LogP contribution >= 0.6 is 0 Å². The molecule has 88 valence electrons. The quantitative estimate of drug-likeness (QED) is 0.707. The largest absolute Gasteiger partial charge is 0.396 e. The van der Waals surface area contributed by atoms with Crippen molar-refractivity contribution >= 4 is 5.91 Å². The van der Waals surface area contributed by atoms with Crippen molar-refractivity contribution in [1.29, 1.82) is 0 Å². The first-order valence-corrected chi connectivity index (χ1v) is 6.16. The lowest BCUT2D eigenvalue weighted by Gasteiger charge is -2.20. The molecule has 1 fully saturated rings. The Hall–Kier alpha value is -0.570. The van der Waals surface area contributed by atoms with Crippen molar-refractivity contribution in [1.82, 2.24) is 4.90 Å². The van der Waals surface area contributed by atoms with Crippen LogP contribution in [0.3, 0.4) is 0 Å². The Kier molecular flexibility index (Phi) is 5.69. The van der Waals surface area contributed by atoms with Gasteiger partial charge in [-0.15, -0.1) is 0 Å². The molecular weight excluding hydrogens is 190 g/mol. The SMILES string of the molecule is CCC1CCC(=O)N(CCCCO)CC1. The summed E-state index contributed by atoms with van der Waals surface area (Å²) < 4.78 is 0. The van der Waals surface area contributed by atoms with Gasteiger partial charge < -0.3 is 10.0 Å². The van der Waals surface area contributed by atoms with E-state index in [1.165, 1.54) is 6.42 Å². The molecule has 1 aliphatic heterocycles. The fourth-order valence-corrected chi connectivity index (χ4v) is 2.15. The molecule has 1 amide bonds. The summed E-state index contributed by atoms with van der Waals surface area (Å²) in [6, 6.07) is 0. The van der Waals surface area contributed by atoms with Gasteiger partial charge in [0.1, 0.15) is 0 Å². The molecule has 1 heterocycles. The maximum atomic E-state index is 11.7. The molecule has 0 aliphatic carbocycles. The molecule has 1 atom stereocenters. The topological polar surface area (TPSA) is 40.5 Å². The van der Waals surface area contributed by atoms with Gasteiger partial charge in [-0.2, -0.15) is 0 Å². The van der Waals surface area contributed by atoms with Crippen LogP contribution in [0.2, 0.25) is 0 Å². The molecule has 0 aromatic carbocycles. The highest BCUT2D eigenvalue weighted by Gasteiger charge is 2.20. The Labute approximate surface area is 92.5 Å². The standard InChI is InChI=1S/C12H23NO2/c1-2-11-5-6-12(15)13(9-7-11)8-3-4-10-14/h11,14H,2-10H2,1H3. The van der Waals surface area contributed by atoms with Crippen LogP contribution in [0.15, 0.2) is 0 Å². The summed E-state index contributed by atoms with van der Waals surface area (Å²) in [4.78, 5) is 13.7. The summed E-state index contributed by atoms with van der Waals surface area (Å²) in [5.74, 6) is 1.04. The molecule has 1 rings (SSSR count). The third-order valence-electron chi connectivity index (χ3n) is 3.34. The van der Waals surface area contributed by atoms with Crippen LogP contribution in [0.4, 0.5) is 0 Å². The van der Waals surface area contributed by atoms with Gasteiger partial charge >= 0.3 is 0 Å². The van der Waals surface area contributed by atoms with E-state index in [1.807, 2.05) is 4.90 Å². The molecule has 0 spiro atoms. The maximum Gasteiger partial charge on any atom is 0.222 e. The zero-order valence-electron chi connectivity index (χ0n) is 9.74. The number of aliphatic hydroxyl groups excluding tert-OH is 1. The molecule has 3 heteroatoms. The lowest BCUT2D eigenvalue weighted by Crippen LogP contribution is -2.31. The van der Waals surface area contributed by atoms with Crippen molar-refractivity contribution in [3.8, 4) is 0 Å². The Morgan fingerprint density at radius 2 is 2.20 bits per heavy atom. The van der Waals surface area contributed by atoms with E-state index in [0.717, 1.165) is 51.1 Å². The minimum Gasteiger partial charge on any atom is -0.396 e. The van der Waals surface area contributed by atoms with Gasteiger partial charge in [0.2, 0.25) is 5.91 Å². The minimum absolute atomic E-state index is 0.236. The van der Waals surface area contributed by atoms with Crippen LogP contribution in [0.1, 0.15) is 45.4 Å². The second kappa shape index (κ2) is 6.83. The van der Waals surface area contributed by atoms with Gasteiger partial charge in [-0.3, -0.25) is 4.79 Å². The van der Waals surface area contributed by atoms with E-state index in [4.69, 9.17) is 5.11 Å². The second-order valence-corrected chi connectivity index (χ2v) is 4.41. The van der Waals surface area contributed by atoms with Crippen LogP contribution < -0.4 is 0 Å². The highest BCUT2D eigenvalue weighted by molar-refractivity contribution is 5.76. The lowest BCUT2D eigenvalue weighted by atomic mass is 9.98. The number of carbonyl (C=O) groups excluding carboxylic acids is 1. The third kappa shape index (κ3) is 4.20. The van der Waals surface area contributed by atoms with E-state index in [0.29, 0.717) is 5.91 Å². The maximum absolute atomic E-state index is 11.7. The Morgan fingerprint density at radius 3 is 2.87 bits per heavy atom. The summed E-state index contributed by atoms with van der Waals surface area (Å²) in [6.45, 7) is 4.19. The number of rotatable bonds is 5. The van der Waals surface area contributed by atoms with Gasteiger partial charge in [-0.25, -0.2) is 0 Å². The Balaban J connectivity index is 2.33. The predicted molar refractivity (Wildman–Crippen MR) is 60.5 cm³/mol. The van der Waals surface area contributed by atoms with E-state index in [1.54, 1.807) is 0 Å². The second-order valence-electron chi connectivity index (χ2n) is 4.41. The van der Waals surface area contributed by atoms with Crippen molar-refractivity contribution in [3.63, 3.8) is 0 Å². The van der Waals surface area contributed by atoms with E-state index < -0.39 is 0 Å². The molecule has 0 aromatic heterocycles. The number of hydrogen-bond acceptors (Lipinski definition) is 2. The van der Waals surface area contributed by atoms with Crippen molar-refractivity contribution in [2.75, 3.05) is 19.7 Å². The van der Waals surface area contributed by atoms with E-state index >= 15 is 0 Å². The number of unbranched alkanes of at least 4 members (excludes halogenated alkanes) is 1. The van der Waals surface area contributed by atoms with Crippen LogP contribution in [0, 0.1) is 5.92 Å². The zero-order valence-corrected chi connectivity index (χ0v) is 9.74. The summed E-state index contributed by atoms with van der Waals surface area (Å²) >= 11 is 0. The number of hydrogen-bond donors (Lipinski definition) is 1. The first kappa shape index (κ1) is 12.5. The molecule has 0 bridgehead atoms. The Bertz CT molecular complexity index is 194.